The maximum absolute atomic E-state index is 4.05. The van der Waals surface area contributed by atoms with E-state index in [0.29, 0.717) is 0 Å². The van der Waals surface area contributed by atoms with Gasteiger partial charge in [0, 0.05) is 0 Å². The minimum Gasteiger partial charge on any atom is -0.0912 e. The van der Waals surface area contributed by atoms with Crippen molar-refractivity contribution in [3.63, 3.8) is 0 Å². The van der Waals surface area contributed by atoms with Gasteiger partial charge in [-0.3, -0.25) is 0 Å². The van der Waals surface area contributed by atoms with Gasteiger partial charge in [-0.05, 0) is 51.3 Å². The van der Waals surface area contributed by atoms with Crippen molar-refractivity contribution in [3.05, 3.63) is 47.1 Å². The first-order chi connectivity index (χ1) is 6.02. The van der Waals surface area contributed by atoms with Gasteiger partial charge >= 0.3 is 0 Å². The van der Waals surface area contributed by atoms with Crippen LogP contribution in [0.5, 0.6) is 0 Å². The third-order valence-corrected chi connectivity index (χ3v) is 2.28. The summed E-state index contributed by atoms with van der Waals surface area (Å²) in [5.74, 6) is 0. The van der Waals surface area contributed by atoms with Crippen molar-refractivity contribution in [3.8, 4) is 0 Å². The van der Waals surface area contributed by atoms with Crippen LogP contribution in [0.25, 0.3) is 0 Å². The molecule has 0 aliphatic rings. The molecule has 0 aromatic carbocycles. The Hall–Kier alpha value is -1.04. The molecule has 0 bridgehead atoms. The summed E-state index contributed by atoms with van der Waals surface area (Å²) in [6, 6.07) is 0. The van der Waals surface area contributed by atoms with Gasteiger partial charge < -0.3 is 0 Å². The molecule has 72 valence electrons. The van der Waals surface area contributed by atoms with Gasteiger partial charge in [0.1, 0.15) is 0 Å². The van der Waals surface area contributed by atoms with Crippen molar-refractivity contribution in [1.29, 1.82) is 0 Å². The molecule has 0 spiro atoms. The van der Waals surface area contributed by atoms with E-state index < -0.39 is 0 Å². The zero-order valence-electron chi connectivity index (χ0n) is 9.44. The van der Waals surface area contributed by atoms with Crippen molar-refractivity contribution in [2.45, 2.75) is 34.6 Å². The second-order valence-corrected chi connectivity index (χ2v) is 3.31. The number of hydrogen-bond donors (Lipinski definition) is 0. The Kier molecular flexibility index (Phi) is 5.13. The second kappa shape index (κ2) is 5.58. The minimum atomic E-state index is 1.13. The lowest BCUT2D eigenvalue weighted by Gasteiger charge is -2.06. The van der Waals surface area contributed by atoms with Crippen LogP contribution in [0.15, 0.2) is 47.1 Å². The molecule has 0 saturated carbocycles. The molecular weight excluding hydrogens is 156 g/mol. The summed E-state index contributed by atoms with van der Waals surface area (Å²) in [7, 11) is 0. The average molecular weight is 176 g/mol. The topological polar surface area (TPSA) is 0 Å². The molecule has 0 fully saturated rings. The quantitative estimate of drug-likeness (QED) is 0.558. The van der Waals surface area contributed by atoms with E-state index in [9.17, 15) is 0 Å². The van der Waals surface area contributed by atoms with Gasteiger partial charge in [-0.25, -0.2) is 0 Å². The Morgan fingerprint density at radius 2 is 1.46 bits per heavy atom. The summed E-state index contributed by atoms with van der Waals surface area (Å²) < 4.78 is 0. The molecular formula is C13H20. The molecule has 0 rings (SSSR count). The molecule has 0 saturated heterocycles. The normalized spacial score (nSPS) is 14.7. The second-order valence-electron chi connectivity index (χ2n) is 3.31. The number of rotatable bonds is 3. The van der Waals surface area contributed by atoms with Crippen LogP contribution in [0.4, 0.5) is 0 Å². The molecule has 0 aromatic rings. The molecule has 0 aromatic heterocycles. The van der Waals surface area contributed by atoms with Crippen LogP contribution in [0.3, 0.4) is 0 Å². The monoisotopic (exact) mass is 176 g/mol. The van der Waals surface area contributed by atoms with E-state index in [-0.39, 0.29) is 0 Å². The summed E-state index contributed by atoms with van der Waals surface area (Å²) in [6.07, 6.45) is 6.35. The average Bonchev–Trinajstić information content (AvgIpc) is 2.14. The standard InChI is InChI=1S/C13H20/c1-7-10(3)9-12(5)13(6)11(4)8-2/h7-9H,6H2,1-5H3/b10-7-,11-8-,12-9-. The maximum Gasteiger partial charge on any atom is -0.0273 e. The zero-order chi connectivity index (χ0) is 10.4. The zero-order valence-corrected chi connectivity index (χ0v) is 9.44. The summed E-state index contributed by atoms with van der Waals surface area (Å²) in [5.41, 5.74) is 4.90. The molecule has 0 nitrogen and oxygen atoms in total. The van der Waals surface area contributed by atoms with E-state index in [1.807, 2.05) is 13.8 Å². The van der Waals surface area contributed by atoms with Gasteiger partial charge in [0.15, 0.2) is 0 Å². The van der Waals surface area contributed by atoms with Crippen LogP contribution in [-0.2, 0) is 0 Å². The molecule has 0 aliphatic carbocycles. The van der Waals surface area contributed by atoms with Crippen LogP contribution in [0.2, 0.25) is 0 Å². The third-order valence-electron chi connectivity index (χ3n) is 2.28. The first-order valence-electron chi connectivity index (χ1n) is 4.66. The Morgan fingerprint density at radius 3 is 1.85 bits per heavy atom. The van der Waals surface area contributed by atoms with Crippen LogP contribution in [-0.4, -0.2) is 0 Å². The van der Waals surface area contributed by atoms with E-state index in [0.717, 1.165) is 5.57 Å². The fourth-order valence-electron chi connectivity index (χ4n) is 0.997. The van der Waals surface area contributed by atoms with Crippen molar-refractivity contribution in [2.24, 2.45) is 0 Å². The van der Waals surface area contributed by atoms with Crippen LogP contribution in [0.1, 0.15) is 34.6 Å². The highest BCUT2D eigenvalue weighted by Crippen LogP contribution is 2.17. The number of allylic oxidation sites excluding steroid dienone is 7. The lowest BCUT2D eigenvalue weighted by Crippen LogP contribution is -1.86. The molecule has 0 unspecified atom stereocenters. The SMILES string of the molecule is C=C(/C(C)=C\C)/C(C)=C\C(C)=C/C. The predicted octanol–water partition coefficient (Wildman–Crippen LogP) is 4.42. The van der Waals surface area contributed by atoms with Gasteiger partial charge in [-0.2, -0.15) is 0 Å². The molecule has 0 atom stereocenters. The van der Waals surface area contributed by atoms with E-state index in [2.05, 4.69) is 45.6 Å². The van der Waals surface area contributed by atoms with Gasteiger partial charge in [-0.15, -0.1) is 0 Å². The molecule has 0 heteroatoms. The lowest BCUT2D eigenvalue weighted by molar-refractivity contribution is 1.30. The Morgan fingerprint density at radius 1 is 0.923 bits per heavy atom. The lowest BCUT2D eigenvalue weighted by atomic mass is 10.0. The van der Waals surface area contributed by atoms with E-state index in [1.54, 1.807) is 0 Å². The Bertz CT molecular complexity index is 272. The van der Waals surface area contributed by atoms with E-state index in [4.69, 9.17) is 0 Å². The van der Waals surface area contributed by atoms with Crippen molar-refractivity contribution < 1.29 is 0 Å². The fourth-order valence-corrected chi connectivity index (χ4v) is 0.997. The van der Waals surface area contributed by atoms with Crippen LogP contribution < -0.4 is 0 Å². The summed E-state index contributed by atoms with van der Waals surface area (Å²) in [4.78, 5) is 0. The first-order valence-corrected chi connectivity index (χ1v) is 4.66. The highest BCUT2D eigenvalue weighted by atomic mass is 14.0. The molecule has 0 N–H and O–H groups in total. The molecule has 0 radical (unpaired) electrons. The van der Waals surface area contributed by atoms with Crippen LogP contribution >= 0.6 is 0 Å². The molecule has 0 aliphatic heterocycles. The Labute approximate surface area is 82.4 Å². The summed E-state index contributed by atoms with van der Waals surface area (Å²) >= 11 is 0. The molecule has 0 amide bonds. The van der Waals surface area contributed by atoms with E-state index in [1.165, 1.54) is 16.7 Å². The summed E-state index contributed by atoms with van der Waals surface area (Å²) in [5, 5.41) is 0. The van der Waals surface area contributed by atoms with Gasteiger partial charge in [0.2, 0.25) is 0 Å². The predicted molar refractivity (Wildman–Crippen MR) is 61.8 cm³/mol. The first kappa shape index (κ1) is 12.0. The largest absolute Gasteiger partial charge is 0.0912 e. The highest BCUT2D eigenvalue weighted by Gasteiger charge is 1.97. The van der Waals surface area contributed by atoms with Crippen LogP contribution in [0, 0.1) is 0 Å². The molecule has 0 heterocycles. The number of hydrogen-bond acceptors (Lipinski definition) is 0. The minimum absolute atomic E-state index is 1.13. The van der Waals surface area contributed by atoms with E-state index >= 15 is 0 Å². The molecule has 13 heavy (non-hydrogen) atoms. The smallest absolute Gasteiger partial charge is 0.0273 e. The van der Waals surface area contributed by atoms with Crippen molar-refractivity contribution in [1.82, 2.24) is 0 Å². The van der Waals surface area contributed by atoms with Gasteiger partial charge in [0.25, 0.3) is 0 Å². The Balaban J connectivity index is 4.71. The maximum atomic E-state index is 4.05. The van der Waals surface area contributed by atoms with Gasteiger partial charge in [0.05, 0.1) is 0 Å². The van der Waals surface area contributed by atoms with Gasteiger partial charge in [-0.1, -0.05) is 30.4 Å². The van der Waals surface area contributed by atoms with Crippen molar-refractivity contribution >= 4 is 0 Å². The fraction of sp³-hybridized carbons (Fsp3) is 0.385. The highest BCUT2D eigenvalue weighted by molar-refractivity contribution is 5.44. The van der Waals surface area contributed by atoms with Crippen molar-refractivity contribution in [2.75, 3.05) is 0 Å². The summed E-state index contributed by atoms with van der Waals surface area (Å²) in [6.45, 7) is 14.4. The third kappa shape index (κ3) is 3.93.